The van der Waals surface area contributed by atoms with Gasteiger partial charge in [-0.25, -0.2) is 0 Å². The first-order chi connectivity index (χ1) is 8.29. The van der Waals surface area contributed by atoms with Crippen LogP contribution in [-0.4, -0.2) is 61.7 Å². The summed E-state index contributed by atoms with van der Waals surface area (Å²) in [6, 6.07) is 1.57. The number of rotatable bonds is 4. The van der Waals surface area contributed by atoms with Crippen LogP contribution in [0.15, 0.2) is 0 Å². The van der Waals surface area contributed by atoms with Crippen LogP contribution in [0.3, 0.4) is 0 Å². The molecule has 0 saturated carbocycles. The summed E-state index contributed by atoms with van der Waals surface area (Å²) in [5.74, 6) is 0. The van der Waals surface area contributed by atoms with E-state index in [-0.39, 0.29) is 0 Å². The molecule has 0 aromatic carbocycles. The third-order valence-electron chi connectivity index (χ3n) is 4.55. The summed E-state index contributed by atoms with van der Waals surface area (Å²) >= 11 is 0. The lowest BCUT2D eigenvalue weighted by Gasteiger charge is -2.38. The molecule has 1 atom stereocenters. The van der Waals surface area contributed by atoms with Gasteiger partial charge < -0.3 is 15.1 Å². The van der Waals surface area contributed by atoms with E-state index in [0.29, 0.717) is 0 Å². The fourth-order valence-electron chi connectivity index (χ4n) is 3.25. The summed E-state index contributed by atoms with van der Waals surface area (Å²) in [7, 11) is 2.32. The Bertz CT molecular complexity index is 206. The molecular weight excluding hydrogens is 210 g/mol. The number of likely N-dealkylation sites (tertiary alicyclic amines) is 1. The Kier molecular flexibility index (Phi) is 5.26. The Balaban J connectivity index is 1.70. The Hall–Kier alpha value is -0.120. The molecule has 0 radical (unpaired) electrons. The van der Waals surface area contributed by atoms with Gasteiger partial charge in [0.25, 0.3) is 0 Å². The lowest BCUT2D eigenvalue weighted by atomic mass is 10.0. The molecule has 0 aromatic rings. The highest BCUT2D eigenvalue weighted by atomic mass is 15.2. The predicted molar refractivity (Wildman–Crippen MR) is 73.4 cm³/mol. The average molecular weight is 239 g/mol. The summed E-state index contributed by atoms with van der Waals surface area (Å²) in [4.78, 5) is 5.18. The van der Waals surface area contributed by atoms with Crippen LogP contribution in [0, 0.1) is 0 Å². The number of likely N-dealkylation sites (N-methyl/N-ethyl adjacent to an activating group) is 1. The van der Waals surface area contributed by atoms with Gasteiger partial charge in [0.15, 0.2) is 0 Å². The third-order valence-corrected chi connectivity index (χ3v) is 4.55. The fraction of sp³-hybridized carbons (Fsp3) is 1.00. The van der Waals surface area contributed by atoms with Crippen LogP contribution in [0.5, 0.6) is 0 Å². The number of hydrogen-bond acceptors (Lipinski definition) is 3. The third kappa shape index (κ3) is 3.94. The minimum atomic E-state index is 0.748. The van der Waals surface area contributed by atoms with Crippen LogP contribution in [0.25, 0.3) is 0 Å². The van der Waals surface area contributed by atoms with Gasteiger partial charge in [0.05, 0.1) is 0 Å². The van der Waals surface area contributed by atoms with Crippen molar-refractivity contribution < 1.29 is 0 Å². The van der Waals surface area contributed by atoms with Crippen molar-refractivity contribution in [1.29, 1.82) is 0 Å². The molecule has 3 nitrogen and oxygen atoms in total. The van der Waals surface area contributed by atoms with E-state index in [2.05, 4.69) is 29.1 Å². The molecule has 1 N–H and O–H groups in total. The van der Waals surface area contributed by atoms with Gasteiger partial charge in [-0.2, -0.15) is 0 Å². The molecule has 2 aliphatic rings. The molecule has 17 heavy (non-hydrogen) atoms. The monoisotopic (exact) mass is 239 g/mol. The Morgan fingerprint density at radius 1 is 1.18 bits per heavy atom. The van der Waals surface area contributed by atoms with Crippen LogP contribution >= 0.6 is 0 Å². The van der Waals surface area contributed by atoms with Crippen LogP contribution in [0.2, 0.25) is 0 Å². The van der Waals surface area contributed by atoms with E-state index in [1.54, 1.807) is 0 Å². The second kappa shape index (κ2) is 6.72. The van der Waals surface area contributed by atoms with Gasteiger partial charge >= 0.3 is 0 Å². The lowest BCUT2D eigenvalue weighted by Crippen LogP contribution is -2.49. The van der Waals surface area contributed by atoms with Crippen molar-refractivity contribution in [3.05, 3.63) is 0 Å². The van der Waals surface area contributed by atoms with Crippen molar-refractivity contribution in [2.24, 2.45) is 0 Å². The standard InChI is InChI=1S/C14H29N3/c1-3-17-10-7-14(8-11-17)16(2)12-13-6-4-5-9-15-13/h13-15H,3-12H2,1-2H3. The van der Waals surface area contributed by atoms with Gasteiger partial charge in [-0.3, -0.25) is 0 Å². The number of hydrogen-bond donors (Lipinski definition) is 1. The molecule has 2 fully saturated rings. The normalized spacial score (nSPS) is 28.8. The van der Waals surface area contributed by atoms with Gasteiger partial charge in [0, 0.05) is 18.6 Å². The molecule has 2 saturated heterocycles. The molecule has 0 bridgehead atoms. The topological polar surface area (TPSA) is 18.5 Å². The van der Waals surface area contributed by atoms with Gasteiger partial charge in [-0.15, -0.1) is 0 Å². The second-order valence-corrected chi connectivity index (χ2v) is 5.75. The first-order valence-corrected chi connectivity index (χ1v) is 7.45. The van der Waals surface area contributed by atoms with E-state index in [9.17, 15) is 0 Å². The van der Waals surface area contributed by atoms with Crippen LogP contribution in [0.4, 0.5) is 0 Å². The van der Waals surface area contributed by atoms with E-state index < -0.39 is 0 Å². The van der Waals surface area contributed by atoms with Gasteiger partial charge in [-0.1, -0.05) is 13.3 Å². The van der Waals surface area contributed by atoms with E-state index in [1.165, 1.54) is 64.8 Å². The Morgan fingerprint density at radius 2 is 1.94 bits per heavy atom. The lowest BCUT2D eigenvalue weighted by molar-refractivity contribution is 0.119. The van der Waals surface area contributed by atoms with E-state index >= 15 is 0 Å². The zero-order valence-electron chi connectivity index (χ0n) is 11.6. The molecule has 2 heterocycles. The molecule has 100 valence electrons. The summed E-state index contributed by atoms with van der Waals surface area (Å²) in [5, 5.41) is 3.66. The van der Waals surface area contributed by atoms with Gasteiger partial charge in [0.2, 0.25) is 0 Å². The fourth-order valence-corrected chi connectivity index (χ4v) is 3.25. The van der Waals surface area contributed by atoms with Crippen LogP contribution in [-0.2, 0) is 0 Å². The van der Waals surface area contributed by atoms with Crippen molar-refractivity contribution in [3.63, 3.8) is 0 Å². The van der Waals surface area contributed by atoms with E-state index in [0.717, 1.165) is 12.1 Å². The molecule has 2 rings (SSSR count). The molecular formula is C14H29N3. The first-order valence-electron chi connectivity index (χ1n) is 7.45. The molecule has 2 aliphatic heterocycles. The van der Waals surface area contributed by atoms with Crippen LogP contribution < -0.4 is 5.32 Å². The molecule has 1 unspecified atom stereocenters. The maximum atomic E-state index is 3.66. The average Bonchev–Trinajstić information content (AvgIpc) is 2.40. The molecule has 0 amide bonds. The number of piperidine rings is 2. The minimum Gasteiger partial charge on any atom is -0.313 e. The molecule has 0 aliphatic carbocycles. The van der Waals surface area contributed by atoms with Crippen molar-refractivity contribution in [2.75, 3.05) is 39.8 Å². The largest absolute Gasteiger partial charge is 0.313 e. The molecule has 0 spiro atoms. The molecule has 3 heteroatoms. The highest BCUT2D eigenvalue weighted by molar-refractivity contribution is 4.82. The highest BCUT2D eigenvalue weighted by Gasteiger charge is 2.23. The summed E-state index contributed by atoms with van der Waals surface area (Å²) in [6.45, 7) is 8.56. The van der Waals surface area contributed by atoms with E-state index in [1.807, 2.05) is 0 Å². The summed E-state index contributed by atoms with van der Waals surface area (Å²) < 4.78 is 0. The predicted octanol–water partition coefficient (Wildman–Crippen LogP) is 1.54. The van der Waals surface area contributed by atoms with Crippen molar-refractivity contribution >= 4 is 0 Å². The van der Waals surface area contributed by atoms with Gasteiger partial charge in [-0.05, 0) is 58.9 Å². The van der Waals surface area contributed by atoms with Crippen molar-refractivity contribution in [3.8, 4) is 0 Å². The molecule has 0 aromatic heterocycles. The van der Waals surface area contributed by atoms with Crippen molar-refractivity contribution in [1.82, 2.24) is 15.1 Å². The maximum Gasteiger partial charge on any atom is 0.0195 e. The van der Waals surface area contributed by atoms with Gasteiger partial charge in [0.1, 0.15) is 0 Å². The van der Waals surface area contributed by atoms with Crippen LogP contribution in [0.1, 0.15) is 39.0 Å². The van der Waals surface area contributed by atoms with Crippen molar-refractivity contribution in [2.45, 2.75) is 51.1 Å². The highest BCUT2D eigenvalue weighted by Crippen LogP contribution is 2.17. The SMILES string of the molecule is CCN1CCC(N(C)CC2CCCCN2)CC1. The quantitative estimate of drug-likeness (QED) is 0.803. The summed E-state index contributed by atoms with van der Waals surface area (Å²) in [6.07, 6.45) is 6.88. The minimum absolute atomic E-state index is 0.748. The Morgan fingerprint density at radius 3 is 2.53 bits per heavy atom. The maximum absolute atomic E-state index is 3.66. The Labute approximate surface area is 107 Å². The second-order valence-electron chi connectivity index (χ2n) is 5.75. The number of nitrogens with one attached hydrogen (secondary N) is 1. The number of nitrogens with zero attached hydrogens (tertiary/aromatic N) is 2. The zero-order valence-corrected chi connectivity index (χ0v) is 11.6. The zero-order chi connectivity index (χ0) is 12.1. The smallest absolute Gasteiger partial charge is 0.0195 e. The summed E-state index contributed by atoms with van der Waals surface area (Å²) in [5.41, 5.74) is 0. The first kappa shape index (κ1) is 13.3. The van der Waals surface area contributed by atoms with E-state index in [4.69, 9.17) is 0 Å².